The molecule has 2 rings (SSSR count). The Labute approximate surface area is 126 Å². The predicted molar refractivity (Wildman–Crippen MR) is 59.9 cm³/mol. The second-order valence-corrected chi connectivity index (χ2v) is 5.07. The van der Waals surface area contributed by atoms with Crippen LogP contribution in [0.3, 0.4) is 0 Å². The van der Waals surface area contributed by atoms with Gasteiger partial charge in [0.2, 0.25) is 0 Å². The van der Waals surface area contributed by atoms with Crippen molar-refractivity contribution in [3.05, 3.63) is 22.4 Å². The standard InChI is InChI=1S/C11H13BFOS.Y/c12-6-9-8(10(13)5-11(9)14)4-7-2-1-3-15-7;/h1-2,8-11,14H,4-6H2;/q-1;. The zero-order valence-electron chi connectivity index (χ0n) is 8.97. The van der Waals surface area contributed by atoms with Crippen LogP contribution in [0.2, 0.25) is 6.32 Å². The number of halogens is 1. The van der Waals surface area contributed by atoms with E-state index in [0.29, 0.717) is 12.7 Å². The van der Waals surface area contributed by atoms with E-state index in [1.54, 1.807) is 0 Å². The monoisotopic (exact) mass is 312 g/mol. The van der Waals surface area contributed by atoms with Gasteiger partial charge in [-0.2, -0.15) is 6.07 Å². The largest absolute Gasteiger partial charge is 0.393 e. The van der Waals surface area contributed by atoms with Gasteiger partial charge in [0.1, 0.15) is 6.17 Å². The number of alkyl halides is 1. The Morgan fingerprint density at radius 3 is 2.88 bits per heavy atom. The van der Waals surface area contributed by atoms with Crippen LogP contribution < -0.4 is 0 Å². The molecule has 1 saturated carbocycles. The molecule has 16 heavy (non-hydrogen) atoms. The summed E-state index contributed by atoms with van der Waals surface area (Å²) < 4.78 is 13.6. The van der Waals surface area contributed by atoms with E-state index in [4.69, 9.17) is 7.85 Å². The van der Waals surface area contributed by atoms with Gasteiger partial charge < -0.3 is 16.4 Å². The van der Waals surface area contributed by atoms with E-state index >= 15 is 0 Å². The molecule has 1 aliphatic rings. The quantitative estimate of drug-likeness (QED) is 0.669. The fourth-order valence-electron chi connectivity index (χ4n) is 2.36. The van der Waals surface area contributed by atoms with E-state index < -0.39 is 12.3 Å². The molecule has 0 aromatic carbocycles. The second-order valence-electron chi connectivity index (χ2n) is 4.11. The van der Waals surface area contributed by atoms with Gasteiger partial charge in [-0.1, -0.05) is 12.7 Å². The third-order valence-corrected chi connectivity index (χ3v) is 4.03. The number of aliphatic hydroxyl groups is 1. The molecular weight excluding hydrogens is 299 g/mol. The molecule has 1 aromatic heterocycles. The number of aliphatic hydroxyl groups excluding tert-OH is 1. The van der Waals surface area contributed by atoms with Gasteiger partial charge in [-0.3, -0.25) is 0 Å². The summed E-state index contributed by atoms with van der Waals surface area (Å²) in [6.45, 7) is 0. The van der Waals surface area contributed by atoms with Crippen molar-refractivity contribution in [2.75, 3.05) is 0 Å². The van der Waals surface area contributed by atoms with Crippen molar-refractivity contribution in [2.24, 2.45) is 11.8 Å². The molecule has 5 heteroatoms. The van der Waals surface area contributed by atoms with Crippen LogP contribution in [0.4, 0.5) is 4.39 Å². The molecule has 1 N–H and O–H groups in total. The Bertz CT molecular complexity index is 309. The van der Waals surface area contributed by atoms with Crippen LogP contribution in [0.1, 0.15) is 11.3 Å². The van der Waals surface area contributed by atoms with E-state index in [-0.39, 0.29) is 51.0 Å². The molecule has 1 heterocycles. The molecule has 0 spiro atoms. The maximum atomic E-state index is 13.6. The number of hydrogen-bond donors (Lipinski definition) is 1. The minimum atomic E-state index is -0.921. The van der Waals surface area contributed by atoms with E-state index in [1.807, 2.05) is 12.1 Å². The molecule has 1 nitrogen and oxygen atoms in total. The summed E-state index contributed by atoms with van der Waals surface area (Å²) in [4.78, 5) is 1.12. The molecular formula is C11H13BFOSY-. The van der Waals surface area contributed by atoms with Gasteiger partial charge >= 0.3 is 0 Å². The normalized spacial score (nSPS) is 33.6. The van der Waals surface area contributed by atoms with Gasteiger partial charge in [-0.25, -0.2) is 10.5 Å². The molecule has 0 saturated heterocycles. The van der Waals surface area contributed by atoms with E-state index in [1.165, 1.54) is 11.3 Å². The molecule has 1 aromatic rings. The van der Waals surface area contributed by atoms with Crippen molar-refractivity contribution in [1.29, 1.82) is 0 Å². The van der Waals surface area contributed by atoms with Gasteiger partial charge in [-0.15, -0.1) is 10.3 Å². The van der Waals surface area contributed by atoms with Gasteiger partial charge in [0, 0.05) is 39.1 Å². The summed E-state index contributed by atoms with van der Waals surface area (Å²) in [6.07, 6.45) is -0.216. The first-order valence-electron chi connectivity index (χ1n) is 5.19. The Morgan fingerprint density at radius 2 is 2.31 bits per heavy atom. The summed E-state index contributed by atoms with van der Waals surface area (Å²) >= 11 is 1.51. The molecule has 4 atom stereocenters. The van der Waals surface area contributed by atoms with Crippen molar-refractivity contribution in [3.8, 4) is 0 Å². The molecule has 3 radical (unpaired) electrons. The summed E-state index contributed by atoms with van der Waals surface area (Å²) in [7, 11) is 5.57. The van der Waals surface area contributed by atoms with E-state index in [9.17, 15) is 9.50 Å². The average molecular weight is 312 g/mol. The first-order chi connectivity index (χ1) is 7.22. The van der Waals surface area contributed by atoms with Crippen LogP contribution in [-0.4, -0.2) is 25.2 Å². The zero-order chi connectivity index (χ0) is 10.8. The summed E-state index contributed by atoms with van der Waals surface area (Å²) in [5.41, 5.74) is 0. The van der Waals surface area contributed by atoms with Crippen molar-refractivity contribution in [3.63, 3.8) is 0 Å². The Balaban J connectivity index is 0.00000128. The molecule has 4 unspecified atom stereocenters. The summed E-state index contributed by atoms with van der Waals surface area (Å²) in [5.74, 6) is -0.223. The maximum Gasteiger partial charge on any atom is 0.105 e. The number of thiophene rings is 1. The van der Waals surface area contributed by atoms with Crippen LogP contribution in [-0.2, 0) is 39.1 Å². The van der Waals surface area contributed by atoms with Gasteiger partial charge in [0.05, 0.1) is 14.0 Å². The minimum absolute atomic E-state index is 0. The molecule has 0 aliphatic heterocycles. The SMILES string of the molecule is [B]CC1C(O)CC(F)C1Cc1cc[c-]s1.[Y]. The third kappa shape index (κ3) is 3.15. The topological polar surface area (TPSA) is 20.2 Å². The predicted octanol–water partition coefficient (Wildman–Crippen LogP) is 2.01. The van der Waals surface area contributed by atoms with Crippen molar-refractivity contribution >= 4 is 19.2 Å². The first-order valence-corrected chi connectivity index (χ1v) is 6.01. The fraction of sp³-hybridized carbons (Fsp3) is 0.636. The Morgan fingerprint density at radius 1 is 1.56 bits per heavy atom. The van der Waals surface area contributed by atoms with E-state index in [2.05, 4.69) is 5.38 Å². The van der Waals surface area contributed by atoms with Gasteiger partial charge in [0.25, 0.3) is 0 Å². The summed E-state index contributed by atoms with van der Waals surface area (Å²) in [5, 5.41) is 12.6. The molecule has 0 amide bonds. The zero-order valence-corrected chi connectivity index (χ0v) is 12.6. The smallest absolute Gasteiger partial charge is 0.105 e. The van der Waals surface area contributed by atoms with Crippen LogP contribution in [0.25, 0.3) is 0 Å². The van der Waals surface area contributed by atoms with Crippen molar-refractivity contribution in [1.82, 2.24) is 0 Å². The molecule has 1 aliphatic carbocycles. The van der Waals surface area contributed by atoms with Crippen LogP contribution in [0, 0.1) is 17.2 Å². The van der Waals surface area contributed by atoms with Crippen LogP contribution in [0.15, 0.2) is 12.1 Å². The van der Waals surface area contributed by atoms with Crippen molar-refractivity contribution in [2.45, 2.75) is 31.4 Å². The Hall–Kier alpha value is 0.759. The molecule has 0 bridgehead atoms. The molecule has 83 valence electrons. The van der Waals surface area contributed by atoms with Gasteiger partial charge in [-0.05, 0) is 11.8 Å². The number of hydrogen-bond acceptors (Lipinski definition) is 2. The number of rotatable bonds is 3. The maximum absolute atomic E-state index is 13.6. The second kappa shape index (κ2) is 6.63. The average Bonchev–Trinajstić information content (AvgIpc) is 2.77. The fourth-order valence-corrected chi connectivity index (χ4v) is 3.06. The van der Waals surface area contributed by atoms with Crippen LogP contribution in [0.5, 0.6) is 0 Å². The summed E-state index contributed by atoms with van der Waals surface area (Å²) in [6, 6.07) is 3.80. The molecule has 1 fully saturated rings. The third-order valence-electron chi connectivity index (χ3n) is 3.21. The van der Waals surface area contributed by atoms with Gasteiger partial charge in [0.15, 0.2) is 0 Å². The van der Waals surface area contributed by atoms with Crippen molar-refractivity contribution < 1.29 is 42.2 Å². The Kier molecular flexibility index (Phi) is 6.14. The first kappa shape index (κ1) is 14.8. The van der Waals surface area contributed by atoms with Crippen LogP contribution >= 0.6 is 11.3 Å². The van der Waals surface area contributed by atoms with E-state index in [0.717, 1.165) is 4.88 Å². The minimum Gasteiger partial charge on any atom is -0.393 e.